The normalized spacial score (nSPS) is 32.4. The first-order valence-electron chi connectivity index (χ1n) is 4.92. The summed E-state index contributed by atoms with van der Waals surface area (Å²) in [6, 6.07) is 0.321. The molecule has 0 aliphatic heterocycles. The summed E-state index contributed by atoms with van der Waals surface area (Å²) in [6.07, 6.45) is 2.24. The lowest BCUT2D eigenvalue weighted by Crippen LogP contribution is -2.25. The predicted molar refractivity (Wildman–Crippen MR) is 57.8 cm³/mol. The lowest BCUT2D eigenvalue weighted by atomic mass is 9.93. The molecule has 1 saturated carbocycles. The van der Waals surface area contributed by atoms with Crippen molar-refractivity contribution in [2.45, 2.75) is 31.7 Å². The van der Waals surface area contributed by atoms with Crippen LogP contribution < -0.4 is 5.73 Å². The van der Waals surface area contributed by atoms with Gasteiger partial charge in [-0.3, -0.25) is 4.68 Å². The van der Waals surface area contributed by atoms with E-state index in [0.717, 1.165) is 17.4 Å². The Morgan fingerprint density at radius 3 is 2.64 bits per heavy atom. The zero-order valence-electron chi connectivity index (χ0n) is 8.44. The van der Waals surface area contributed by atoms with Crippen molar-refractivity contribution >= 4 is 15.9 Å². The molecule has 0 spiro atoms. The Morgan fingerprint density at radius 1 is 1.50 bits per heavy atom. The Morgan fingerprint density at radius 2 is 2.21 bits per heavy atom. The summed E-state index contributed by atoms with van der Waals surface area (Å²) in [5.41, 5.74) is 7.20. The molecule has 1 aliphatic rings. The average molecular weight is 259 g/mol. The fourth-order valence-electron chi connectivity index (χ4n) is 2.31. The summed E-state index contributed by atoms with van der Waals surface area (Å²) in [6.45, 7) is 2.21. The van der Waals surface area contributed by atoms with Crippen LogP contribution in [0.4, 0.5) is 0 Å². The molecular weight excluding hydrogens is 244 g/mol. The number of rotatable bonds is 1. The standard InChI is InChI=1S/C9H15BrN4/c1-5-6(3-4-7(5)11)8-9(10)12-13-14(8)2/h5-7H,3-4,11H2,1-2H3. The van der Waals surface area contributed by atoms with E-state index in [1.54, 1.807) is 0 Å². The summed E-state index contributed by atoms with van der Waals surface area (Å²) >= 11 is 3.44. The van der Waals surface area contributed by atoms with Crippen LogP contribution in [-0.4, -0.2) is 21.0 Å². The molecule has 5 heteroatoms. The number of hydrogen-bond donors (Lipinski definition) is 1. The van der Waals surface area contributed by atoms with Crippen LogP contribution in [-0.2, 0) is 7.05 Å². The van der Waals surface area contributed by atoms with Crippen LogP contribution in [0.1, 0.15) is 31.4 Å². The van der Waals surface area contributed by atoms with Crippen molar-refractivity contribution in [2.75, 3.05) is 0 Å². The number of nitrogens with two attached hydrogens (primary N) is 1. The predicted octanol–water partition coefficient (Wildman–Crippen LogP) is 1.42. The average Bonchev–Trinajstić information content (AvgIpc) is 2.62. The quantitative estimate of drug-likeness (QED) is 0.829. The van der Waals surface area contributed by atoms with Crippen molar-refractivity contribution in [1.82, 2.24) is 15.0 Å². The molecule has 1 aliphatic carbocycles. The molecule has 4 nitrogen and oxygen atoms in total. The van der Waals surface area contributed by atoms with E-state index in [-0.39, 0.29) is 0 Å². The van der Waals surface area contributed by atoms with Gasteiger partial charge in [0.15, 0.2) is 4.60 Å². The maximum Gasteiger partial charge on any atom is 0.151 e. The van der Waals surface area contributed by atoms with E-state index in [9.17, 15) is 0 Å². The molecule has 0 aromatic carbocycles. The third kappa shape index (κ3) is 1.48. The van der Waals surface area contributed by atoms with E-state index >= 15 is 0 Å². The van der Waals surface area contributed by atoms with E-state index in [4.69, 9.17) is 5.73 Å². The lowest BCUT2D eigenvalue weighted by Gasteiger charge is -2.17. The molecule has 0 saturated heterocycles. The first-order chi connectivity index (χ1) is 6.61. The molecule has 2 rings (SSSR count). The van der Waals surface area contributed by atoms with Gasteiger partial charge in [-0.25, -0.2) is 0 Å². The Balaban J connectivity index is 2.32. The molecule has 0 amide bonds. The van der Waals surface area contributed by atoms with Gasteiger partial charge in [-0.2, -0.15) is 0 Å². The zero-order chi connectivity index (χ0) is 10.3. The van der Waals surface area contributed by atoms with Gasteiger partial charge in [0.05, 0.1) is 5.69 Å². The van der Waals surface area contributed by atoms with Crippen LogP contribution in [0.2, 0.25) is 0 Å². The van der Waals surface area contributed by atoms with Gasteiger partial charge in [-0.15, -0.1) is 5.10 Å². The van der Waals surface area contributed by atoms with Gasteiger partial charge in [0.1, 0.15) is 0 Å². The second-order valence-electron chi connectivity index (χ2n) is 4.10. The van der Waals surface area contributed by atoms with Gasteiger partial charge in [0, 0.05) is 19.0 Å². The Kier molecular flexibility index (Phi) is 2.62. The van der Waals surface area contributed by atoms with Crippen molar-refractivity contribution < 1.29 is 0 Å². The number of aromatic nitrogens is 3. The summed E-state index contributed by atoms with van der Waals surface area (Å²) < 4.78 is 2.72. The van der Waals surface area contributed by atoms with Gasteiger partial charge >= 0.3 is 0 Å². The van der Waals surface area contributed by atoms with Crippen molar-refractivity contribution in [3.05, 3.63) is 10.3 Å². The Labute approximate surface area is 92.0 Å². The number of aryl methyl sites for hydroxylation is 1. The molecule has 1 aromatic heterocycles. The highest BCUT2D eigenvalue weighted by Gasteiger charge is 2.34. The third-order valence-corrected chi connectivity index (χ3v) is 3.86. The molecule has 14 heavy (non-hydrogen) atoms. The van der Waals surface area contributed by atoms with Gasteiger partial charge in [-0.1, -0.05) is 12.1 Å². The number of halogens is 1. The molecule has 1 heterocycles. The molecule has 2 N–H and O–H groups in total. The summed E-state index contributed by atoms with van der Waals surface area (Å²) in [5.74, 6) is 1.02. The van der Waals surface area contributed by atoms with Crippen LogP contribution >= 0.6 is 15.9 Å². The topological polar surface area (TPSA) is 56.7 Å². The van der Waals surface area contributed by atoms with Gasteiger partial charge in [0.2, 0.25) is 0 Å². The van der Waals surface area contributed by atoms with Crippen LogP contribution in [0.5, 0.6) is 0 Å². The minimum atomic E-state index is 0.321. The Bertz CT molecular complexity index is 316. The van der Waals surface area contributed by atoms with Gasteiger partial charge in [0.25, 0.3) is 0 Å². The smallest absolute Gasteiger partial charge is 0.151 e. The van der Waals surface area contributed by atoms with Crippen LogP contribution in [0.15, 0.2) is 4.60 Å². The maximum absolute atomic E-state index is 6.01. The van der Waals surface area contributed by atoms with E-state index in [1.165, 1.54) is 5.69 Å². The highest BCUT2D eigenvalue weighted by molar-refractivity contribution is 9.10. The van der Waals surface area contributed by atoms with E-state index < -0.39 is 0 Å². The molecule has 3 unspecified atom stereocenters. The fraction of sp³-hybridized carbons (Fsp3) is 0.778. The number of hydrogen-bond acceptors (Lipinski definition) is 3. The van der Waals surface area contributed by atoms with E-state index in [0.29, 0.717) is 17.9 Å². The highest BCUT2D eigenvalue weighted by atomic mass is 79.9. The first kappa shape index (κ1) is 10.1. The van der Waals surface area contributed by atoms with E-state index in [2.05, 4.69) is 33.2 Å². The Hall–Kier alpha value is -0.420. The molecule has 78 valence electrons. The molecule has 3 atom stereocenters. The van der Waals surface area contributed by atoms with Crippen molar-refractivity contribution in [3.63, 3.8) is 0 Å². The first-order valence-corrected chi connectivity index (χ1v) is 5.71. The molecule has 1 fully saturated rings. The second-order valence-corrected chi connectivity index (χ2v) is 4.85. The second kappa shape index (κ2) is 3.62. The van der Waals surface area contributed by atoms with Gasteiger partial charge < -0.3 is 5.73 Å². The monoisotopic (exact) mass is 258 g/mol. The summed E-state index contributed by atoms with van der Waals surface area (Å²) in [7, 11) is 1.93. The van der Waals surface area contributed by atoms with Crippen LogP contribution in [0.25, 0.3) is 0 Å². The summed E-state index contributed by atoms with van der Waals surface area (Å²) in [4.78, 5) is 0. The summed E-state index contributed by atoms with van der Waals surface area (Å²) in [5, 5.41) is 8.01. The van der Waals surface area contributed by atoms with Crippen LogP contribution in [0.3, 0.4) is 0 Å². The molecule has 0 radical (unpaired) electrons. The fourth-order valence-corrected chi connectivity index (χ4v) is 2.94. The SMILES string of the molecule is CC1C(N)CCC1c1c(Br)nnn1C. The molecule has 0 bridgehead atoms. The van der Waals surface area contributed by atoms with Crippen molar-refractivity contribution in [3.8, 4) is 0 Å². The van der Waals surface area contributed by atoms with Gasteiger partial charge in [-0.05, 0) is 34.7 Å². The maximum atomic E-state index is 6.01. The minimum absolute atomic E-state index is 0.321. The largest absolute Gasteiger partial charge is 0.327 e. The third-order valence-electron chi connectivity index (χ3n) is 3.30. The highest BCUT2D eigenvalue weighted by Crippen LogP contribution is 2.40. The minimum Gasteiger partial charge on any atom is -0.327 e. The van der Waals surface area contributed by atoms with Crippen molar-refractivity contribution in [1.29, 1.82) is 0 Å². The number of nitrogens with zero attached hydrogens (tertiary/aromatic N) is 3. The zero-order valence-corrected chi connectivity index (χ0v) is 10.0. The lowest BCUT2D eigenvalue weighted by molar-refractivity contribution is 0.457. The van der Waals surface area contributed by atoms with E-state index in [1.807, 2.05) is 11.7 Å². The molecular formula is C9H15BrN4. The molecule has 1 aromatic rings. The van der Waals surface area contributed by atoms with Crippen LogP contribution in [0, 0.1) is 5.92 Å². The van der Waals surface area contributed by atoms with Crippen molar-refractivity contribution in [2.24, 2.45) is 18.7 Å².